The number of hydrogen-bond acceptors (Lipinski definition) is 4. The van der Waals surface area contributed by atoms with Gasteiger partial charge in [0, 0.05) is 25.7 Å². The van der Waals surface area contributed by atoms with Gasteiger partial charge in [-0.15, -0.1) is 0 Å². The molecule has 29 heavy (non-hydrogen) atoms. The Morgan fingerprint density at radius 1 is 1.07 bits per heavy atom. The standard InChI is InChI=1S/C20H24FN3O4S/c1-4-24(5-2)29(27,28)17-11-7-9-15(13-17)20(26)23(3)18(19(22)25)14-8-6-10-16(21)12-14/h6-13,18H,4-5H2,1-3H3,(H2,22,25). The lowest BCUT2D eigenvalue weighted by Crippen LogP contribution is -2.39. The van der Waals surface area contributed by atoms with Gasteiger partial charge >= 0.3 is 0 Å². The number of carbonyl (C=O) groups excluding carboxylic acids is 2. The molecule has 156 valence electrons. The molecule has 0 spiro atoms. The number of likely N-dealkylation sites (N-methyl/N-ethyl adjacent to an activating group) is 1. The van der Waals surface area contributed by atoms with Crippen molar-refractivity contribution in [3.63, 3.8) is 0 Å². The zero-order valence-electron chi connectivity index (χ0n) is 16.5. The summed E-state index contributed by atoms with van der Waals surface area (Å²) in [5, 5.41) is 0. The Balaban J connectivity index is 2.42. The highest BCUT2D eigenvalue weighted by Gasteiger charge is 2.29. The summed E-state index contributed by atoms with van der Waals surface area (Å²) in [4.78, 5) is 26.0. The van der Waals surface area contributed by atoms with Crippen LogP contribution in [0.2, 0.25) is 0 Å². The van der Waals surface area contributed by atoms with E-state index in [9.17, 15) is 22.4 Å². The molecule has 2 N–H and O–H groups in total. The van der Waals surface area contributed by atoms with Crippen molar-refractivity contribution in [1.82, 2.24) is 9.21 Å². The lowest BCUT2D eigenvalue weighted by molar-refractivity contribution is -0.122. The molecule has 0 aliphatic carbocycles. The molecule has 2 aromatic rings. The van der Waals surface area contributed by atoms with Crippen molar-refractivity contribution in [2.45, 2.75) is 24.8 Å². The summed E-state index contributed by atoms with van der Waals surface area (Å²) in [5.74, 6) is -2.02. The summed E-state index contributed by atoms with van der Waals surface area (Å²) in [6.07, 6.45) is 0. The van der Waals surface area contributed by atoms with Crippen LogP contribution in [0.15, 0.2) is 53.4 Å². The molecule has 0 aliphatic rings. The molecule has 0 fully saturated rings. The number of sulfonamides is 1. The van der Waals surface area contributed by atoms with Gasteiger partial charge in [0.2, 0.25) is 15.9 Å². The van der Waals surface area contributed by atoms with Gasteiger partial charge in [-0.05, 0) is 35.9 Å². The number of halogens is 1. The van der Waals surface area contributed by atoms with E-state index in [2.05, 4.69) is 0 Å². The van der Waals surface area contributed by atoms with E-state index in [-0.39, 0.29) is 16.0 Å². The van der Waals surface area contributed by atoms with Gasteiger partial charge in [0.25, 0.3) is 5.91 Å². The van der Waals surface area contributed by atoms with E-state index in [1.807, 2.05) is 0 Å². The van der Waals surface area contributed by atoms with Crippen LogP contribution < -0.4 is 5.73 Å². The smallest absolute Gasteiger partial charge is 0.254 e. The molecule has 0 saturated heterocycles. The van der Waals surface area contributed by atoms with Crippen LogP contribution in [-0.4, -0.2) is 49.6 Å². The van der Waals surface area contributed by atoms with Crippen molar-refractivity contribution in [2.75, 3.05) is 20.1 Å². The van der Waals surface area contributed by atoms with E-state index in [0.717, 1.165) is 11.0 Å². The van der Waals surface area contributed by atoms with E-state index in [0.29, 0.717) is 13.1 Å². The third kappa shape index (κ3) is 4.80. The van der Waals surface area contributed by atoms with Crippen LogP contribution in [0, 0.1) is 5.82 Å². The van der Waals surface area contributed by atoms with Crippen molar-refractivity contribution in [2.24, 2.45) is 5.73 Å². The topological polar surface area (TPSA) is 101 Å². The Kier molecular flexibility index (Phi) is 7.10. The fraction of sp³-hybridized carbons (Fsp3) is 0.300. The summed E-state index contributed by atoms with van der Waals surface area (Å²) in [6.45, 7) is 4.03. The van der Waals surface area contributed by atoms with Gasteiger partial charge in [-0.25, -0.2) is 12.8 Å². The second-order valence-corrected chi connectivity index (χ2v) is 8.33. The predicted molar refractivity (Wildman–Crippen MR) is 107 cm³/mol. The van der Waals surface area contributed by atoms with Crippen LogP contribution in [0.3, 0.4) is 0 Å². The van der Waals surface area contributed by atoms with Crippen molar-refractivity contribution in [1.29, 1.82) is 0 Å². The number of hydrogen-bond donors (Lipinski definition) is 1. The molecule has 2 amide bonds. The normalized spacial score (nSPS) is 12.6. The lowest BCUT2D eigenvalue weighted by atomic mass is 10.0. The molecule has 0 saturated carbocycles. The third-order valence-corrected chi connectivity index (χ3v) is 6.61. The average molecular weight is 421 g/mol. The van der Waals surface area contributed by atoms with Crippen LogP contribution in [0.25, 0.3) is 0 Å². The molecular weight excluding hydrogens is 397 g/mol. The summed E-state index contributed by atoms with van der Waals surface area (Å²) >= 11 is 0. The van der Waals surface area contributed by atoms with Crippen molar-refractivity contribution in [3.8, 4) is 0 Å². The number of carbonyl (C=O) groups is 2. The zero-order valence-corrected chi connectivity index (χ0v) is 17.3. The van der Waals surface area contributed by atoms with Crippen LogP contribution in [0.4, 0.5) is 4.39 Å². The monoisotopic (exact) mass is 421 g/mol. The molecule has 1 unspecified atom stereocenters. The van der Waals surface area contributed by atoms with Crippen molar-refractivity contribution >= 4 is 21.8 Å². The van der Waals surface area contributed by atoms with Gasteiger partial charge in [0.1, 0.15) is 11.9 Å². The first-order chi connectivity index (χ1) is 13.6. The Morgan fingerprint density at radius 3 is 2.24 bits per heavy atom. The molecule has 0 radical (unpaired) electrons. The van der Waals surface area contributed by atoms with Crippen LogP contribution in [0.5, 0.6) is 0 Å². The quantitative estimate of drug-likeness (QED) is 0.706. The minimum atomic E-state index is -3.76. The number of primary amides is 1. The molecule has 1 atom stereocenters. The first-order valence-electron chi connectivity index (χ1n) is 9.05. The fourth-order valence-electron chi connectivity index (χ4n) is 3.08. The maximum Gasteiger partial charge on any atom is 0.254 e. The molecule has 0 aliphatic heterocycles. The molecule has 0 bridgehead atoms. The minimum absolute atomic E-state index is 0.0261. The van der Waals surface area contributed by atoms with Gasteiger partial charge < -0.3 is 10.6 Å². The summed E-state index contributed by atoms with van der Waals surface area (Å²) in [7, 11) is -2.40. The summed E-state index contributed by atoms with van der Waals surface area (Å²) in [6, 6.07) is 9.60. The van der Waals surface area contributed by atoms with E-state index in [4.69, 9.17) is 5.73 Å². The van der Waals surface area contributed by atoms with Crippen molar-refractivity contribution in [3.05, 3.63) is 65.5 Å². The largest absolute Gasteiger partial charge is 0.368 e. The highest BCUT2D eigenvalue weighted by Crippen LogP contribution is 2.23. The number of nitrogens with zero attached hydrogens (tertiary/aromatic N) is 2. The molecule has 0 heterocycles. The zero-order chi connectivity index (χ0) is 21.8. The van der Waals surface area contributed by atoms with Crippen LogP contribution >= 0.6 is 0 Å². The fourth-order valence-corrected chi connectivity index (χ4v) is 4.58. The minimum Gasteiger partial charge on any atom is -0.368 e. The maximum atomic E-state index is 13.6. The van der Waals surface area contributed by atoms with Gasteiger partial charge in [0.05, 0.1) is 4.90 Å². The summed E-state index contributed by atoms with van der Waals surface area (Å²) in [5.41, 5.74) is 5.75. The molecule has 7 nitrogen and oxygen atoms in total. The number of nitrogens with two attached hydrogens (primary N) is 1. The average Bonchev–Trinajstić information content (AvgIpc) is 2.68. The molecular formula is C20H24FN3O4S. The van der Waals surface area contributed by atoms with Gasteiger partial charge in [-0.2, -0.15) is 4.31 Å². The van der Waals surface area contributed by atoms with E-state index in [1.54, 1.807) is 13.8 Å². The number of amides is 2. The first-order valence-corrected chi connectivity index (χ1v) is 10.5. The summed E-state index contributed by atoms with van der Waals surface area (Å²) < 4.78 is 40.3. The van der Waals surface area contributed by atoms with Gasteiger partial charge in [0.15, 0.2) is 0 Å². The van der Waals surface area contributed by atoms with Gasteiger partial charge in [-0.3, -0.25) is 9.59 Å². The Morgan fingerprint density at radius 2 is 1.69 bits per heavy atom. The van der Waals surface area contributed by atoms with E-state index in [1.165, 1.54) is 53.8 Å². The predicted octanol–water partition coefficient (Wildman–Crippen LogP) is 2.15. The third-order valence-electron chi connectivity index (χ3n) is 4.57. The molecule has 2 rings (SSSR count). The second-order valence-electron chi connectivity index (χ2n) is 6.39. The first kappa shape index (κ1) is 22.5. The Labute approximate surface area is 170 Å². The van der Waals surface area contributed by atoms with E-state index < -0.39 is 33.7 Å². The number of rotatable bonds is 8. The SMILES string of the molecule is CCN(CC)S(=O)(=O)c1cccc(C(=O)N(C)C(C(N)=O)c2cccc(F)c2)c1. The van der Waals surface area contributed by atoms with Crippen molar-refractivity contribution < 1.29 is 22.4 Å². The molecule has 9 heteroatoms. The maximum absolute atomic E-state index is 13.6. The van der Waals surface area contributed by atoms with Gasteiger partial charge in [-0.1, -0.05) is 32.0 Å². The number of benzene rings is 2. The molecule has 2 aromatic carbocycles. The Hall–Kier alpha value is -2.78. The lowest BCUT2D eigenvalue weighted by Gasteiger charge is -2.26. The second kappa shape index (κ2) is 9.15. The molecule has 0 aromatic heterocycles. The Bertz CT molecular complexity index is 1010. The van der Waals surface area contributed by atoms with E-state index >= 15 is 0 Å². The highest BCUT2D eigenvalue weighted by molar-refractivity contribution is 7.89. The van der Waals surface area contributed by atoms with Crippen LogP contribution in [0.1, 0.15) is 35.8 Å². The van der Waals surface area contributed by atoms with Crippen LogP contribution in [-0.2, 0) is 14.8 Å². The highest BCUT2D eigenvalue weighted by atomic mass is 32.2.